The summed E-state index contributed by atoms with van der Waals surface area (Å²) in [5, 5.41) is 0.606. The summed E-state index contributed by atoms with van der Waals surface area (Å²) in [5.41, 5.74) is 1.69. The van der Waals surface area contributed by atoms with Crippen LogP contribution in [0, 0.1) is 0 Å². The number of halogens is 1. The summed E-state index contributed by atoms with van der Waals surface area (Å²) >= 11 is 5.87. The number of ether oxygens (including phenoxy) is 1. The van der Waals surface area contributed by atoms with Gasteiger partial charge in [0.1, 0.15) is 5.75 Å². The van der Waals surface area contributed by atoms with E-state index in [4.69, 9.17) is 16.3 Å². The highest BCUT2D eigenvalue weighted by atomic mass is 35.5. The molecule has 2 heterocycles. The Hall–Kier alpha value is -2.53. The normalized spacial score (nSPS) is 19.0. The summed E-state index contributed by atoms with van der Waals surface area (Å²) in [6.45, 7) is 2.09. The third-order valence-electron chi connectivity index (χ3n) is 4.89. The monoisotopic (exact) mass is 370 g/mol. The van der Waals surface area contributed by atoms with Gasteiger partial charge in [0.15, 0.2) is 6.10 Å². The number of carbonyl (C=O) groups excluding carboxylic acids is 2. The maximum atomic E-state index is 12.7. The molecule has 1 saturated heterocycles. The third kappa shape index (κ3) is 3.27. The second-order valence-corrected chi connectivity index (χ2v) is 6.98. The summed E-state index contributed by atoms with van der Waals surface area (Å²) in [7, 11) is 0. The number of benzene rings is 2. The van der Waals surface area contributed by atoms with Gasteiger partial charge in [0.25, 0.3) is 11.8 Å². The minimum absolute atomic E-state index is 0.000193. The largest absolute Gasteiger partial charge is 0.480 e. The second-order valence-electron chi connectivity index (χ2n) is 6.54. The van der Waals surface area contributed by atoms with Crippen LogP contribution in [-0.2, 0) is 11.2 Å². The molecule has 2 amide bonds. The lowest BCUT2D eigenvalue weighted by Crippen LogP contribution is -2.53. The molecule has 4 rings (SSSR count). The molecule has 1 atom stereocenters. The highest BCUT2D eigenvalue weighted by Crippen LogP contribution is 2.29. The molecule has 0 radical (unpaired) electrons. The Morgan fingerprint density at radius 1 is 0.923 bits per heavy atom. The van der Waals surface area contributed by atoms with Gasteiger partial charge in [-0.2, -0.15) is 0 Å². The molecule has 0 saturated carbocycles. The summed E-state index contributed by atoms with van der Waals surface area (Å²) < 4.78 is 5.79. The highest BCUT2D eigenvalue weighted by Gasteiger charge is 2.34. The van der Waals surface area contributed by atoms with Gasteiger partial charge < -0.3 is 14.5 Å². The van der Waals surface area contributed by atoms with Crippen LogP contribution in [0.5, 0.6) is 5.75 Å². The summed E-state index contributed by atoms with van der Waals surface area (Å²) in [6, 6.07) is 14.6. The zero-order chi connectivity index (χ0) is 18.1. The van der Waals surface area contributed by atoms with Crippen molar-refractivity contribution in [3.8, 4) is 5.75 Å². The van der Waals surface area contributed by atoms with E-state index in [2.05, 4.69) is 0 Å². The van der Waals surface area contributed by atoms with Crippen LogP contribution in [0.25, 0.3) is 0 Å². The van der Waals surface area contributed by atoms with Gasteiger partial charge in [-0.25, -0.2) is 0 Å². The van der Waals surface area contributed by atoms with Crippen molar-refractivity contribution in [3.05, 3.63) is 64.7 Å². The summed E-state index contributed by atoms with van der Waals surface area (Å²) in [6.07, 6.45) is 0.157. The number of amides is 2. The van der Waals surface area contributed by atoms with E-state index in [1.807, 2.05) is 24.3 Å². The fourth-order valence-corrected chi connectivity index (χ4v) is 3.55. The first-order valence-electron chi connectivity index (χ1n) is 8.70. The van der Waals surface area contributed by atoms with Crippen molar-refractivity contribution in [2.75, 3.05) is 26.2 Å². The average Bonchev–Trinajstić information content (AvgIpc) is 3.12. The van der Waals surface area contributed by atoms with Crippen LogP contribution in [0.15, 0.2) is 48.5 Å². The third-order valence-corrected chi connectivity index (χ3v) is 5.14. The predicted octanol–water partition coefficient (Wildman–Crippen LogP) is 2.63. The Labute approximate surface area is 157 Å². The molecule has 0 spiro atoms. The molecule has 6 heteroatoms. The van der Waals surface area contributed by atoms with Crippen molar-refractivity contribution in [2.45, 2.75) is 12.5 Å². The molecule has 5 nitrogen and oxygen atoms in total. The van der Waals surface area contributed by atoms with E-state index in [0.29, 0.717) is 43.2 Å². The lowest BCUT2D eigenvalue weighted by Gasteiger charge is -2.35. The number of hydrogen-bond acceptors (Lipinski definition) is 3. The van der Waals surface area contributed by atoms with Gasteiger partial charge in [-0.05, 0) is 35.9 Å². The topological polar surface area (TPSA) is 49.9 Å². The van der Waals surface area contributed by atoms with E-state index in [-0.39, 0.29) is 11.8 Å². The first-order chi connectivity index (χ1) is 12.6. The standard InChI is InChI=1S/C20H19ClN2O3/c21-16-7-5-14(6-8-16)19(24)22-9-11-23(12-10-22)20(25)18-13-15-3-1-2-4-17(15)26-18/h1-8,18H,9-13H2/t18-/m1/s1. The quantitative estimate of drug-likeness (QED) is 0.816. The number of nitrogens with zero attached hydrogens (tertiary/aromatic N) is 2. The number of rotatable bonds is 2. The van der Waals surface area contributed by atoms with Crippen molar-refractivity contribution in [2.24, 2.45) is 0 Å². The van der Waals surface area contributed by atoms with Crippen LogP contribution in [0.1, 0.15) is 15.9 Å². The molecule has 0 aliphatic carbocycles. The minimum atomic E-state index is -0.453. The fourth-order valence-electron chi connectivity index (χ4n) is 3.43. The van der Waals surface area contributed by atoms with E-state index < -0.39 is 6.10 Å². The Kier molecular flexibility index (Phi) is 4.55. The summed E-state index contributed by atoms with van der Waals surface area (Å²) in [4.78, 5) is 28.9. The van der Waals surface area contributed by atoms with Crippen LogP contribution in [0.4, 0.5) is 0 Å². The lowest BCUT2D eigenvalue weighted by atomic mass is 10.1. The summed E-state index contributed by atoms with van der Waals surface area (Å²) in [5.74, 6) is 0.764. The van der Waals surface area contributed by atoms with E-state index in [9.17, 15) is 9.59 Å². The maximum Gasteiger partial charge on any atom is 0.264 e. The van der Waals surface area contributed by atoms with Gasteiger partial charge in [0.2, 0.25) is 0 Å². The number of para-hydroxylation sites is 1. The van der Waals surface area contributed by atoms with E-state index in [1.54, 1.807) is 34.1 Å². The number of piperazine rings is 1. The van der Waals surface area contributed by atoms with Crippen molar-refractivity contribution in [1.29, 1.82) is 0 Å². The Balaban J connectivity index is 1.34. The molecule has 134 valence electrons. The van der Waals surface area contributed by atoms with Crippen molar-refractivity contribution >= 4 is 23.4 Å². The minimum Gasteiger partial charge on any atom is -0.480 e. The van der Waals surface area contributed by atoms with E-state index in [1.165, 1.54) is 0 Å². The van der Waals surface area contributed by atoms with Crippen LogP contribution < -0.4 is 4.74 Å². The molecular weight excluding hydrogens is 352 g/mol. The molecule has 0 unspecified atom stereocenters. The zero-order valence-corrected chi connectivity index (χ0v) is 15.0. The van der Waals surface area contributed by atoms with Crippen LogP contribution >= 0.6 is 11.6 Å². The van der Waals surface area contributed by atoms with Crippen LogP contribution in [0.2, 0.25) is 5.02 Å². The van der Waals surface area contributed by atoms with Gasteiger partial charge in [0, 0.05) is 43.2 Å². The number of fused-ring (bicyclic) bond motifs is 1. The SMILES string of the molecule is O=C(c1ccc(Cl)cc1)N1CCN(C(=O)[C@H]2Cc3ccccc3O2)CC1. The Bertz CT molecular complexity index is 804. The molecule has 1 fully saturated rings. The molecular formula is C20H19ClN2O3. The molecule has 0 aromatic heterocycles. The van der Waals surface area contributed by atoms with Crippen LogP contribution in [0.3, 0.4) is 0 Å². The van der Waals surface area contributed by atoms with Gasteiger partial charge >= 0.3 is 0 Å². The number of carbonyl (C=O) groups is 2. The molecule has 2 aliphatic rings. The predicted molar refractivity (Wildman–Crippen MR) is 98.5 cm³/mol. The average molecular weight is 371 g/mol. The van der Waals surface area contributed by atoms with Crippen molar-refractivity contribution in [3.63, 3.8) is 0 Å². The van der Waals surface area contributed by atoms with Gasteiger partial charge in [-0.15, -0.1) is 0 Å². The van der Waals surface area contributed by atoms with E-state index in [0.717, 1.165) is 11.3 Å². The van der Waals surface area contributed by atoms with Gasteiger partial charge in [0.05, 0.1) is 0 Å². The first kappa shape index (κ1) is 16.9. The first-order valence-corrected chi connectivity index (χ1v) is 9.08. The molecule has 26 heavy (non-hydrogen) atoms. The van der Waals surface area contributed by atoms with Gasteiger partial charge in [-0.1, -0.05) is 29.8 Å². The van der Waals surface area contributed by atoms with E-state index >= 15 is 0 Å². The Morgan fingerprint density at radius 2 is 1.58 bits per heavy atom. The molecule has 2 aromatic carbocycles. The number of hydrogen-bond donors (Lipinski definition) is 0. The molecule has 0 bridgehead atoms. The molecule has 2 aliphatic heterocycles. The van der Waals surface area contributed by atoms with Crippen molar-refractivity contribution < 1.29 is 14.3 Å². The van der Waals surface area contributed by atoms with Crippen molar-refractivity contribution in [1.82, 2.24) is 9.80 Å². The van der Waals surface area contributed by atoms with Crippen LogP contribution in [-0.4, -0.2) is 53.9 Å². The highest BCUT2D eigenvalue weighted by molar-refractivity contribution is 6.30. The second kappa shape index (κ2) is 7.00. The molecule has 2 aromatic rings. The molecule has 0 N–H and O–H groups in total. The maximum absolute atomic E-state index is 12.7. The smallest absolute Gasteiger partial charge is 0.264 e. The lowest BCUT2D eigenvalue weighted by molar-refractivity contribution is -0.139. The van der Waals surface area contributed by atoms with Gasteiger partial charge in [-0.3, -0.25) is 9.59 Å². The zero-order valence-electron chi connectivity index (χ0n) is 14.2. The fraction of sp³-hybridized carbons (Fsp3) is 0.300. The Morgan fingerprint density at radius 3 is 2.27 bits per heavy atom.